The Morgan fingerprint density at radius 3 is 1.67 bits per heavy atom. The van der Waals surface area contributed by atoms with E-state index in [-0.39, 0.29) is 0 Å². The maximum Gasteiger partial charge on any atom is 0.164 e. The van der Waals surface area contributed by atoms with Gasteiger partial charge in [0, 0.05) is 48.6 Å². The van der Waals surface area contributed by atoms with E-state index in [4.69, 9.17) is 15.0 Å². The van der Waals surface area contributed by atoms with Crippen LogP contribution in [0, 0.1) is 0 Å². The van der Waals surface area contributed by atoms with E-state index in [1.807, 2.05) is 72.0 Å². The zero-order chi connectivity index (χ0) is 34.2. The number of aromatic nitrogens is 4. The number of hydrogen-bond donors (Lipinski definition) is 0. The molecule has 0 atom stereocenters. The Balaban J connectivity index is 1.07. The molecule has 8 aromatic carbocycles. The summed E-state index contributed by atoms with van der Waals surface area (Å²) in [6.07, 6.45) is 0. The molecule has 0 aliphatic heterocycles. The number of rotatable bonds is 4. The number of thiophene rings is 1. The van der Waals surface area contributed by atoms with Crippen molar-refractivity contribution in [2.75, 3.05) is 0 Å². The molecule has 0 saturated heterocycles. The fraction of sp³-hybridized carbons (Fsp3) is 0. The van der Waals surface area contributed by atoms with Gasteiger partial charge in [0.15, 0.2) is 17.5 Å². The Labute approximate surface area is 302 Å². The summed E-state index contributed by atoms with van der Waals surface area (Å²) in [5.41, 5.74) is 6.52. The first-order chi connectivity index (χ1) is 25.8. The molecule has 0 unspecified atom stereocenters. The average Bonchev–Trinajstić information content (AvgIpc) is 3.77. The van der Waals surface area contributed by atoms with Gasteiger partial charge in [-0.3, -0.25) is 0 Å². The topological polar surface area (TPSA) is 43.6 Å². The molecular weight excluding hydrogens is 653 g/mol. The van der Waals surface area contributed by atoms with Gasteiger partial charge < -0.3 is 4.57 Å². The van der Waals surface area contributed by atoms with Crippen LogP contribution in [0.2, 0.25) is 0 Å². The second-order valence-electron chi connectivity index (χ2n) is 13.2. The first-order valence-electron chi connectivity index (χ1n) is 17.4. The SMILES string of the molecule is c1ccc(-c2nc(-c3ccccc3)nc(-c3ccc4c(ccc5cc(-n6c7ccccc7c7ccc8c9ccccc9sc8c76)ccc54)c3)n2)cc1. The van der Waals surface area contributed by atoms with E-state index in [2.05, 4.69) is 114 Å². The van der Waals surface area contributed by atoms with E-state index in [0.29, 0.717) is 17.5 Å². The molecule has 0 aliphatic carbocycles. The smallest absolute Gasteiger partial charge is 0.164 e. The van der Waals surface area contributed by atoms with Gasteiger partial charge in [-0.2, -0.15) is 0 Å². The van der Waals surface area contributed by atoms with Gasteiger partial charge in [0.1, 0.15) is 0 Å². The van der Waals surface area contributed by atoms with Gasteiger partial charge in [0.05, 0.1) is 15.7 Å². The molecule has 4 nitrogen and oxygen atoms in total. The minimum Gasteiger partial charge on any atom is -0.308 e. The summed E-state index contributed by atoms with van der Waals surface area (Å²) >= 11 is 1.88. The molecule has 0 N–H and O–H groups in total. The monoisotopic (exact) mass is 680 g/mol. The third-order valence-corrected chi connectivity index (χ3v) is 11.4. The van der Waals surface area contributed by atoms with Crippen molar-refractivity contribution >= 4 is 74.9 Å². The highest BCUT2D eigenvalue weighted by atomic mass is 32.1. The lowest BCUT2D eigenvalue weighted by molar-refractivity contribution is 1.07. The first-order valence-corrected chi connectivity index (χ1v) is 18.3. The van der Waals surface area contributed by atoms with Gasteiger partial charge in [-0.1, -0.05) is 140 Å². The zero-order valence-corrected chi connectivity index (χ0v) is 28.7. The number of hydrogen-bond acceptors (Lipinski definition) is 4. The quantitative estimate of drug-likeness (QED) is 0.174. The molecule has 52 heavy (non-hydrogen) atoms. The largest absolute Gasteiger partial charge is 0.308 e. The summed E-state index contributed by atoms with van der Waals surface area (Å²) in [4.78, 5) is 14.8. The maximum absolute atomic E-state index is 4.97. The number of fused-ring (bicyclic) bond motifs is 10. The van der Waals surface area contributed by atoms with Gasteiger partial charge in [-0.05, 0) is 51.9 Å². The molecule has 0 fully saturated rings. The Morgan fingerprint density at radius 2 is 0.942 bits per heavy atom. The third kappa shape index (κ3) is 4.50. The summed E-state index contributed by atoms with van der Waals surface area (Å²) in [6.45, 7) is 0. The lowest BCUT2D eigenvalue weighted by Gasteiger charge is -2.12. The van der Waals surface area contributed by atoms with Crippen molar-refractivity contribution in [3.8, 4) is 39.9 Å². The predicted octanol–water partition coefficient (Wildman–Crippen LogP) is 12.6. The Morgan fingerprint density at radius 1 is 0.385 bits per heavy atom. The standard InChI is InChI=1S/C47H28N4S/c1-3-11-29(12-4-1)45-48-46(30-13-5-2-6-14-30)50-47(49-45)33-21-23-35-31(27-33)19-20-32-28-34(22-24-36(32)35)51-41-17-9-7-15-37(41)39-25-26-40-38-16-8-10-18-42(38)52-44(40)43(39)51/h1-28H. The normalized spacial score (nSPS) is 11.8. The minimum absolute atomic E-state index is 0.656. The third-order valence-electron chi connectivity index (χ3n) is 10.2. The lowest BCUT2D eigenvalue weighted by atomic mass is 9.99. The molecule has 11 rings (SSSR count). The van der Waals surface area contributed by atoms with Gasteiger partial charge in [0.25, 0.3) is 0 Å². The van der Waals surface area contributed by atoms with Gasteiger partial charge >= 0.3 is 0 Å². The second-order valence-corrected chi connectivity index (χ2v) is 14.3. The molecule has 5 heteroatoms. The van der Waals surface area contributed by atoms with Crippen molar-refractivity contribution in [3.05, 3.63) is 170 Å². The Kier molecular flexibility index (Phi) is 6.39. The van der Waals surface area contributed by atoms with E-state index < -0.39 is 0 Å². The molecule has 3 heterocycles. The second kappa shape index (κ2) is 11.4. The molecule has 0 saturated carbocycles. The van der Waals surface area contributed by atoms with Crippen LogP contribution < -0.4 is 0 Å². The van der Waals surface area contributed by atoms with Crippen molar-refractivity contribution in [2.24, 2.45) is 0 Å². The van der Waals surface area contributed by atoms with Crippen molar-refractivity contribution in [1.82, 2.24) is 19.5 Å². The van der Waals surface area contributed by atoms with Crippen molar-refractivity contribution in [2.45, 2.75) is 0 Å². The summed E-state index contributed by atoms with van der Waals surface area (Å²) in [5.74, 6) is 1.98. The van der Waals surface area contributed by atoms with Crippen LogP contribution in [0.1, 0.15) is 0 Å². The summed E-state index contributed by atoms with van der Waals surface area (Å²) < 4.78 is 5.10. The predicted molar refractivity (Wildman–Crippen MR) is 218 cm³/mol. The lowest BCUT2D eigenvalue weighted by Crippen LogP contribution is -2.00. The summed E-state index contributed by atoms with van der Waals surface area (Å²) in [6, 6.07) is 60.3. The maximum atomic E-state index is 4.97. The summed E-state index contributed by atoms with van der Waals surface area (Å²) in [7, 11) is 0. The van der Waals surface area contributed by atoms with Gasteiger partial charge in [0.2, 0.25) is 0 Å². The molecule has 0 aliphatic rings. The van der Waals surface area contributed by atoms with Crippen LogP contribution >= 0.6 is 11.3 Å². The highest BCUT2D eigenvalue weighted by molar-refractivity contribution is 7.26. The Bertz CT molecular complexity index is 3120. The zero-order valence-electron chi connectivity index (χ0n) is 27.9. The van der Waals surface area contributed by atoms with Crippen molar-refractivity contribution in [1.29, 1.82) is 0 Å². The fourth-order valence-electron chi connectivity index (χ4n) is 7.77. The van der Waals surface area contributed by atoms with E-state index in [1.165, 1.54) is 58.1 Å². The van der Waals surface area contributed by atoms with E-state index in [0.717, 1.165) is 27.8 Å². The summed E-state index contributed by atoms with van der Waals surface area (Å²) in [5, 5.41) is 9.93. The van der Waals surface area contributed by atoms with E-state index >= 15 is 0 Å². The number of para-hydroxylation sites is 1. The molecule has 11 aromatic rings. The Hall–Kier alpha value is -6.69. The van der Waals surface area contributed by atoms with Crippen LogP contribution in [0.5, 0.6) is 0 Å². The molecule has 0 radical (unpaired) electrons. The molecule has 0 bridgehead atoms. The minimum atomic E-state index is 0.656. The molecule has 3 aromatic heterocycles. The van der Waals surface area contributed by atoms with Crippen LogP contribution in [0.4, 0.5) is 0 Å². The van der Waals surface area contributed by atoms with Gasteiger partial charge in [-0.25, -0.2) is 15.0 Å². The molecular formula is C47H28N4S. The highest BCUT2D eigenvalue weighted by Gasteiger charge is 2.18. The van der Waals surface area contributed by atoms with Crippen LogP contribution in [-0.2, 0) is 0 Å². The van der Waals surface area contributed by atoms with Crippen LogP contribution in [0.25, 0.3) is 103 Å². The fourth-order valence-corrected chi connectivity index (χ4v) is 9.01. The van der Waals surface area contributed by atoms with Crippen LogP contribution in [-0.4, -0.2) is 19.5 Å². The average molecular weight is 681 g/mol. The van der Waals surface area contributed by atoms with Crippen LogP contribution in [0.15, 0.2) is 170 Å². The van der Waals surface area contributed by atoms with Crippen molar-refractivity contribution in [3.63, 3.8) is 0 Å². The van der Waals surface area contributed by atoms with E-state index in [9.17, 15) is 0 Å². The molecule has 0 amide bonds. The molecule has 0 spiro atoms. The highest BCUT2D eigenvalue weighted by Crippen LogP contribution is 2.43. The van der Waals surface area contributed by atoms with Crippen molar-refractivity contribution < 1.29 is 0 Å². The first kappa shape index (κ1) is 29.1. The number of nitrogens with zero attached hydrogens (tertiary/aromatic N) is 4. The number of benzene rings is 8. The van der Waals surface area contributed by atoms with Gasteiger partial charge in [-0.15, -0.1) is 11.3 Å². The van der Waals surface area contributed by atoms with E-state index in [1.54, 1.807) is 0 Å². The molecule has 242 valence electrons. The van der Waals surface area contributed by atoms with Crippen LogP contribution in [0.3, 0.4) is 0 Å².